The van der Waals surface area contributed by atoms with Gasteiger partial charge in [-0.25, -0.2) is 25.6 Å². The Morgan fingerprint density at radius 2 is 1.58 bits per heavy atom. The molecule has 3 rings (SSSR count). The molecule has 0 spiro atoms. The van der Waals surface area contributed by atoms with E-state index in [1.807, 2.05) is 0 Å². The lowest BCUT2D eigenvalue weighted by Gasteiger charge is -2.13. The molecule has 0 aliphatic carbocycles. The van der Waals surface area contributed by atoms with Gasteiger partial charge in [-0.1, -0.05) is 23.7 Å². The van der Waals surface area contributed by atoms with Crippen LogP contribution in [0, 0.1) is 11.6 Å². The third-order valence-electron chi connectivity index (χ3n) is 4.10. The van der Waals surface area contributed by atoms with Crippen molar-refractivity contribution in [1.29, 1.82) is 0 Å². The number of thioether (sulfide) groups is 1. The molecule has 0 saturated carbocycles. The van der Waals surface area contributed by atoms with E-state index in [2.05, 4.69) is 4.72 Å². The van der Waals surface area contributed by atoms with Crippen LogP contribution < -0.4 is 4.72 Å². The molecular weight excluding hydrogens is 488 g/mol. The van der Waals surface area contributed by atoms with Gasteiger partial charge >= 0.3 is 0 Å². The number of halogens is 3. The van der Waals surface area contributed by atoms with Gasteiger partial charge in [0, 0.05) is 21.7 Å². The van der Waals surface area contributed by atoms with Crippen molar-refractivity contribution in [2.24, 2.45) is 0 Å². The minimum Gasteiger partial charge on any atom is -0.278 e. The normalized spacial score (nSPS) is 12.0. The number of sulfonamides is 1. The zero-order valence-electron chi connectivity index (χ0n) is 15.8. The lowest BCUT2D eigenvalue weighted by atomic mass is 10.3. The molecule has 0 saturated heterocycles. The Morgan fingerprint density at radius 1 is 0.903 bits per heavy atom. The zero-order chi connectivity index (χ0) is 22.6. The van der Waals surface area contributed by atoms with Crippen LogP contribution in [0.3, 0.4) is 0 Å². The van der Waals surface area contributed by atoms with Crippen molar-refractivity contribution in [2.45, 2.75) is 14.7 Å². The molecule has 3 aromatic rings. The van der Waals surface area contributed by atoms with Crippen molar-refractivity contribution < 1.29 is 25.6 Å². The van der Waals surface area contributed by atoms with Crippen LogP contribution in [0.2, 0.25) is 5.02 Å². The topological polar surface area (TPSA) is 80.3 Å². The summed E-state index contributed by atoms with van der Waals surface area (Å²) < 4.78 is 79.3. The van der Waals surface area contributed by atoms with E-state index < -0.39 is 36.4 Å². The van der Waals surface area contributed by atoms with Crippen LogP contribution >= 0.6 is 23.4 Å². The third kappa shape index (κ3) is 5.97. The summed E-state index contributed by atoms with van der Waals surface area (Å²) in [7, 11) is -7.87. The second kappa shape index (κ2) is 9.56. The molecule has 31 heavy (non-hydrogen) atoms. The van der Waals surface area contributed by atoms with Gasteiger partial charge in [0.05, 0.1) is 16.3 Å². The Labute approximate surface area is 188 Å². The van der Waals surface area contributed by atoms with E-state index in [1.54, 1.807) is 18.2 Å². The molecule has 0 aromatic heterocycles. The first-order valence-electron chi connectivity index (χ1n) is 8.76. The molecule has 0 amide bonds. The van der Waals surface area contributed by atoms with Crippen molar-refractivity contribution >= 4 is 48.9 Å². The number of rotatable bonds is 8. The van der Waals surface area contributed by atoms with Crippen LogP contribution in [0.15, 0.2) is 81.4 Å². The Kier molecular flexibility index (Phi) is 7.25. The average molecular weight is 504 g/mol. The second-order valence-corrected chi connectivity index (χ2v) is 11.6. The van der Waals surface area contributed by atoms with Gasteiger partial charge in [0.1, 0.15) is 16.5 Å². The van der Waals surface area contributed by atoms with Gasteiger partial charge in [-0.3, -0.25) is 4.72 Å². The van der Waals surface area contributed by atoms with Gasteiger partial charge in [-0.2, -0.15) is 0 Å². The van der Waals surface area contributed by atoms with E-state index >= 15 is 0 Å². The number of para-hydroxylation sites is 1. The van der Waals surface area contributed by atoms with E-state index in [4.69, 9.17) is 11.6 Å². The van der Waals surface area contributed by atoms with Crippen molar-refractivity contribution in [3.05, 3.63) is 83.4 Å². The number of nitrogens with one attached hydrogen (secondary N) is 1. The lowest BCUT2D eigenvalue weighted by Crippen LogP contribution is -2.15. The van der Waals surface area contributed by atoms with Crippen molar-refractivity contribution in [3.63, 3.8) is 0 Å². The molecule has 5 nitrogen and oxygen atoms in total. The van der Waals surface area contributed by atoms with Crippen LogP contribution in [0.25, 0.3) is 0 Å². The molecule has 11 heteroatoms. The fourth-order valence-electron chi connectivity index (χ4n) is 2.59. The highest BCUT2D eigenvalue weighted by atomic mass is 35.5. The monoisotopic (exact) mass is 503 g/mol. The predicted molar refractivity (Wildman–Crippen MR) is 118 cm³/mol. The number of sulfone groups is 1. The van der Waals surface area contributed by atoms with Gasteiger partial charge in [0.25, 0.3) is 10.0 Å². The summed E-state index contributed by atoms with van der Waals surface area (Å²) >= 11 is 6.91. The molecule has 0 fully saturated rings. The maximum atomic E-state index is 13.9. The molecule has 0 unspecified atom stereocenters. The van der Waals surface area contributed by atoms with Crippen LogP contribution in [-0.4, -0.2) is 28.3 Å². The molecule has 1 N–H and O–H groups in total. The standard InChI is InChI=1S/C20H16ClF2NO4S3/c21-14-5-8-16(9-6-14)30(25,26)12-11-29-19-4-2-1-3-18(19)24-31(27,28)20-10-7-15(22)13-17(20)23/h1-10,13,24H,11-12H2. The lowest BCUT2D eigenvalue weighted by molar-refractivity contribution is 0.551. The van der Waals surface area contributed by atoms with E-state index in [0.29, 0.717) is 16.0 Å². The molecule has 164 valence electrons. The summed E-state index contributed by atoms with van der Waals surface area (Å²) in [5.74, 6) is -2.15. The molecule has 0 bridgehead atoms. The largest absolute Gasteiger partial charge is 0.278 e. The smallest absolute Gasteiger partial charge is 0.264 e. The fraction of sp³-hybridized carbons (Fsp3) is 0.100. The minimum atomic E-state index is -4.32. The van der Waals surface area contributed by atoms with Crippen molar-refractivity contribution in [1.82, 2.24) is 0 Å². The summed E-state index contributed by atoms with van der Waals surface area (Å²) in [6.45, 7) is 0. The molecule has 0 aliphatic rings. The Morgan fingerprint density at radius 3 is 2.26 bits per heavy atom. The first kappa shape index (κ1) is 23.5. The third-order valence-corrected chi connectivity index (χ3v) is 8.81. The average Bonchev–Trinajstić information content (AvgIpc) is 2.69. The molecule has 0 aliphatic heterocycles. The fourth-order valence-corrected chi connectivity index (χ4v) is 6.59. The first-order chi connectivity index (χ1) is 14.6. The number of benzene rings is 3. The van der Waals surface area contributed by atoms with E-state index in [9.17, 15) is 25.6 Å². The van der Waals surface area contributed by atoms with E-state index in [0.717, 1.165) is 23.9 Å². The molecule has 0 atom stereocenters. The van der Waals surface area contributed by atoms with Crippen molar-refractivity contribution in [2.75, 3.05) is 16.2 Å². The number of hydrogen-bond acceptors (Lipinski definition) is 5. The first-order valence-corrected chi connectivity index (χ1v) is 13.3. The summed E-state index contributed by atoms with van der Waals surface area (Å²) in [5.41, 5.74) is 0.153. The quantitative estimate of drug-likeness (QED) is 0.438. The highest BCUT2D eigenvalue weighted by Gasteiger charge is 2.21. The van der Waals surface area contributed by atoms with Crippen molar-refractivity contribution in [3.8, 4) is 0 Å². The van der Waals surface area contributed by atoms with Crippen LogP contribution in [-0.2, 0) is 19.9 Å². The highest BCUT2D eigenvalue weighted by molar-refractivity contribution is 8.01. The van der Waals surface area contributed by atoms with E-state index in [-0.39, 0.29) is 22.1 Å². The summed E-state index contributed by atoms with van der Waals surface area (Å²) in [5, 5.41) is 0.423. The van der Waals surface area contributed by atoms with Gasteiger partial charge in [-0.15, -0.1) is 11.8 Å². The maximum Gasteiger partial charge on any atom is 0.264 e. The minimum absolute atomic E-state index is 0.137. The second-order valence-electron chi connectivity index (χ2n) is 6.30. The predicted octanol–water partition coefficient (Wildman–Crippen LogP) is 4.99. The van der Waals surface area contributed by atoms with Gasteiger partial charge in [-0.05, 0) is 48.5 Å². The van der Waals surface area contributed by atoms with Crippen LogP contribution in [0.4, 0.5) is 14.5 Å². The van der Waals surface area contributed by atoms with Crippen LogP contribution in [0.5, 0.6) is 0 Å². The zero-order valence-corrected chi connectivity index (χ0v) is 19.0. The Balaban J connectivity index is 1.74. The maximum absolute atomic E-state index is 13.9. The Hall–Kier alpha value is -2.14. The molecule has 3 aromatic carbocycles. The summed E-state index contributed by atoms with van der Waals surface area (Å²) in [4.78, 5) is -0.0998. The van der Waals surface area contributed by atoms with Gasteiger partial charge in [0.15, 0.2) is 9.84 Å². The number of anilines is 1. The van der Waals surface area contributed by atoms with E-state index in [1.165, 1.54) is 30.3 Å². The van der Waals surface area contributed by atoms with Gasteiger partial charge in [0.2, 0.25) is 0 Å². The molecule has 0 radical (unpaired) electrons. The summed E-state index contributed by atoms with van der Waals surface area (Å²) in [6, 6.07) is 14.3. The number of hydrogen-bond donors (Lipinski definition) is 1. The SMILES string of the molecule is O=S(=O)(CCSc1ccccc1NS(=O)(=O)c1ccc(F)cc1F)c1ccc(Cl)cc1. The van der Waals surface area contributed by atoms with Gasteiger partial charge < -0.3 is 0 Å². The Bertz CT molecular complexity index is 1300. The van der Waals surface area contributed by atoms with Crippen LogP contribution in [0.1, 0.15) is 0 Å². The molecular formula is C20H16ClF2NO4S3. The molecule has 0 heterocycles. The summed E-state index contributed by atoms with van der Waals surface area (Å²) in [6.07, 6.45) is 0. The highest BCUT2D eigenvalue weighted by Crippen LogP contribution is 2.30.